The highest BCUT2D eigenvalue weighted by Crippen LogP contribution is 2.20. The van der Waals surface area contributed by atoms with E-state index >= 15 is 0 Å². The summed E-state index contributed by atoms with van der Waals surface area (Å²) in [7, 11) is 0. The van der Waals surface area contributed by atoms with E-state index in [1.165, 1.54) is 11.3 Å². The van der Waals surface area contributed by atoms with E-state index < -0.39 is 0 Å². The number of nitrogens with zero attached hydrogens (tertiary/aromatic N) is 3. The van der Waals surface area contributed by atoms with Gasteiger partial charge in [0.05, 0.1) is 0 Å². The van der Waals surface area contributed by atoms with Crippen molar-refractivity contribution in [1.82, 2.24) is 9.88 Å². The van der Waals surface area contributed by atoms with Crippen LogP contribution in [0.3, 0.4) is 0 Å². The molecule has 3 rings (SSSR count). The van der Waals surface area contributed by atoms with Gasteiger partial charge in [0.15, 0.2) is 0 Å². The third kappa shape index (κ3) is 4.23. The van der Waals surface area contributed by atoms with Crippen LogP contribution in [0.2, 0.25) is 0 Å². The van der Waals surface area contributed by atoms with Gasteiger partial charge in [0.25, 0.3) is 0 Å². The summed E-state index contributed by atoms with van der Waals surface area (Å²) in [6.07, 6.45) is 3.66. The van der Waals surface area contributed by atoms with Crippen LogP contribution in [0.1, 0.15) is 19.4 Å². The maximum absolute atomic E-state index is 4.04. The summed E-state index contributed by atoms with van der Waals surface area (Å²) in [5.41, 5.74) is 3.73. The zero-order chi connectivity index (χ0) is 16.1. The molecule has 1 aliphatic heterocycles. The highest BCUT2D eigenvalue weighted by Gasteiger charge is 2.18. The Morgan fingerprint density at radius 2 is 1.61 bits per heavy atom. The Hall–Kier alpha value is -2.07. The lowest BCUT2D eigenvalue weighted by atomic mass is 10.2. The van der Waals surface area contributed by atoms with Crippen LogP contribution in [-0.4, -0.2) is 42.1 Å². The summed E-state index contributed by atoms with van der Waals surface area (Å²) in [6.45, 7) is 9.91. The molecule has 23 heavy (non-hydrogen) atoms. The van der Waals surface area contributed by atoms with Crippen molar-refractivity contribution in [2.24, 2.45) is 0 Å². The number of rotatable bonds is 5. The van der Waals surface area contributed by atoms with Gasteiger partial charge in [-0.15, -0.1) is 0 Å². The smallest absolute Gasteiger partial charge is 0.0401 e. The molecule has 0 bridgehead atoms. The monoisotopic (exact) mass is 310 g/mol. The Morgan fingerprint density at radius 1 is 0.957 bits per heavy atom. The molecule has 0 spiro atoms. The molecular weight excluding hydrogens is 284 g/mol. The van der Waals surface area contributed by atoms with Crippen molar-refractivity contribution in [3.63, 3.8) is 0 Å². The molecule has 1 aromatic carbocycles. The maximum Gasteiger partial charge on any atom is 0.0401 e. The van der Waals surface area contributed by atoms with Gasteiger partial charge < -0.3 is 10.2 Å². The zero-order valence-corrected chi connectivity index (χ0v) is 14.1. The number of piperazine rings is 1. The van der Waals surface area contributed by atoms with E-state index in [0.717, 1.165) is 38.4 Å². The first-order valence-electron chi connectivity index (χ1n) is 8.44. The van der Waals surface area contributed by atoms with E-state index in [1.807, 2.05) is 24.5 Å². The minimum Gasteiger partial charge on any atom is -0.381 e. The second-order valence-electron chi connectivity index (χ2n) is 6.37. The van der Waals surface area contributed by atoms with Gasteiger partial charge in [0.2, 0.25) is 0 Å². The fraction of sp³-hybridized carbons (Fsp3) is 0.421. The minimum atomic E-state index is 0.650. The third-order valence-electron chi connectivity index (χ3n) is 4.52. The van der Waals surface area contributed by atoms with Gasteiger partial charge in [0, 0.05) is 62.5 Å². The second-order valence-corrected chi connectivity index (χ2v) is 6.37. The van der Waals surface area contributed by atoms with Gasteiger partial charge in [-0.3, -0.25) is 9.88 Å². The molecule has 0 amide bonds. The van der Waals surface area contributed by atoms with Crippen LogP contribution in [0.4, 0.5) is 11.4 Å². The summed E-state index contributed by atoms with van der Waals surface area (Å²) in [6, 6.07) is 13.5. The van der Waals surface area contributed by atoms with Gasteiger partial charge in [0.1, 0.15) is 0 Å². The average Bonchev–Trinajstić information content (AvgIpc) is 2.61. The first-order valence-corrected chi connectivity index (χ1v) is 8.44. The van der Waals surface area contributed by atoms with Gasteiger partial charge in [-0.2, -0.15) is 0 Å². The Balaban J connectivity index is 1.53. The molecule has 0 saturated carbocycles. The fourth-order valence-corrected chi connectivity index (χ4v) is 2.99. The molecule has 2 aromatic rings. The lowest BCUT2D eigenvalue weighted by Crippen LogP contribution is -2.48. The first-order chi connectivity index (χ1) is 11.2. The normalized spacial score (nSPS) is 15.9. The molecule has 1 saturated heterocycles. The SMILES string of the molecule is CC(C)N1CCN(c2ccc(NCc3ccncc3)cc2)CC1. The highest BCUT2D eigenvalue weighted by molar-refractivity contribution is 5.55. The van der Waals surface area contributed by atoms with Crippen molar-refractivity contribution >= 4 is 11.4 Å². The van der Waals surface area contributed by atoms with E-state index in [0.29, 0.717) is 6.04 Å². The Bertz CT molecular complexity index is 587. The highest BCUT2D eigenvalue weighted by atomic mass is 15.3. The molecule has 0 radical (unpaired) electrons. The van der Waals surface area contributed by atoms with Crippen molar-refractivity contribution in [3.05, 3.63) is 54.4 Å². The van der Waals surface area contributed by atoms with Crippen molar-refractivity contribution in [2.75, 3.05) is 36.4 Å². The molecule has 0 atom stereocenters. The van der Waals surface area contributed by atoms with Crippen molar-refractivity contribution < 1.29 is 0 Å². The summed E-state index contributed by atoms with van der Waals surface area (Å²) < 4.78 is 0. The lowest BCUT2D eigenvalue weighted by Gasteiger charge is -2.38. The summed E-state index contributed by atoms with van der Waals surface area (Å²) in [4.78, 5) is 9.06. The van der Waals surface area contributed by atoms with Crippen LogP contribution < -0.4 is 10.2 Å². The number of benzene rings is 1. The van der Waals surface area contributed by atoms with Crippen LogP contribution in [0, 0.1) is 0 Å². The molecule has 1 aromatic heterocycles. The van der Waals surface area contributed by atoms with Crippen molar-refractivity contribution in [1.29, 1.82) is 0 Å². The predicted octanol–water partition coefficient (Wildman–Crippen LogP) is 3.22. The van der Waals surface area contributed by atoms with Gasteiger partial charge >= 0.3 is 0 Å². The molecule has 0 aliphatic carbocycles. The molecule has 122 valence electrons. The van der Waals surface area contributed by atoms with Gasteiger partial charge in [-0.1, -0.05) is 0 Å². The molecule has 4 nitrogen and oxygen atoms in total. The van der Waals surface area contributed by atoms with Crippen LogP contribution in [0.25, 0.3) is 0 Å². The van der Waals surface area contributed by atoms with Crippen molar-refractivity contribution in [3.8, 4) is 0 Å². The summed E-state index contributed by atoms with van der Waals surface area (Å²) >= 11 is 0. The Morgan fingerprint density at radius 3 is 2.22 bits per heavy atom. The molecule has 2 heterocycles. The lowest BCUT2D eigenvalue weighted by molar-refractivity contribution is 0.209. The van der Waals surface area contributed by atoms with Crippen molar-refractivity contribution in [2.45, 2.75) is 26.4 Å². The Kier molecular flexibility index (Phi) is 5.13. The third-order valence-corrected chi connectivity index (χ3v) is 4.52. The standard InChI is InChI=1S/C19H26N4/c1-16(2)22-11-13-23(14-12-22)19-5-3-18(4-6-19)21-15-17-7-9-20-10-8-17/h3-10,16,21H,11-15H2,1-2H3. The van der Waals surface area contributed by atoms with Crippen LogP contribution in [-0.2, 0) is 6.54 Å². The fourth-order valence-electron chi connectivity index (χ4n) is 2.99. The second kappa shape index (κ2) is 7.47. The summed E-state index contributed by atoms with van der Waals surface area (Å²) in [5, 5.41) is 3.46. The molecular formula is C19H26N4. The molecule has 1 aliphatic rings. The molecule has 4 heteroatoms. The average molecular weight is 310 g/mol. The molecule has 1 fully saturated rings. The molecule has 1 N–H and O–H groups in total. The van der Waals surface area contributed by atoms with Gasteiger partial charge in [-0.05, 0) is 55.8 Å². The summed E-state index contributed by atoms with van der Waals surface area (Å²) in [5.74, 6) is 0. The molecule has 0 unspecified atom stereocenters. The van der Waals surface area contributed by atoms with Crippen LogP contribution in [0.15, 0.2) is 48.8 Å². The van der Waals surface area contributed by atoms with E-state index in [4.69, 9.17) is 0 Å². The van der Waals surface area contributed by atoms with E-state index in [1.54, 1.807) is 0 Å². The number of anilines is 2. The van der Waals surface area contributed by atoms with E-state index in [9.17, 15) is 0 Å². The number of aromatic nitrogens is 1. The first kappa shape index (κ1) is 15.8. The van der Waals surface area contributed by atoms with Crippen LogP contribution >= 0.6 is 0 Å². The van der Waals surface area contributed by atoms with E-state index in [-0.39, 0.29) is 0 Å². The maximum atomic E-state index is 4.04. The predicted molar refractivity (Wildman–Crippen MR) is 96.9 cm³/mol. The minimum absolute atomic E-state index is 0.650. The Labute approximate surface area is 139 Å². The topological polar surface area (TPSA) is 31.4 Å². The zero-order valence-electron chi connectivity index (χ0n) is 14.1. The van der Waals surface area contributed by atoms with Gasteiger partial charge in [-0.25, -0.2) is 0 Å². The van der Waals surface area contributed by atoms with Crippen LogP contribution in [0.5, 0.6) is 0 Å². The largest absolute Gasteiger partial charge is 0.381 e. The number of pyridine rings is 1. The van der Waals surface area contributed by atoms with E-state index in [2.05, 4.69) is 58.2 Å². The number of hydrogen-bond donors (Lipinski definition) is 1. The number of hydrogen-bond acceptors (Lipinski definition) is 4. The number of nitrogens with one attached hydrogen (secondary N) is 1. The quantitative estimate of drug-likeness (QED) is 0.919.